The number of carbonyl (C=O) groups is 1. The second-order valence-electron chi connectivity index (χ2n) is 6.68. The number of aliphatic hydroxyl groups excluding tert-OH is 1. The smallest absolute Gasteiger partial charge is 0.253 e. The lowest BCUT2D eigenvalue weighted by Gasteiger charge is -2.21. The maximum Gasteiger partial charge on any atom is 0.253 e. The predicted octanol–water partition coefficient (Wildman–Crippen LogP) is 1.14. The van der Waals surface area contributed by atoms with Crippen LogP contribution in [0.5, 0.6) is 0 Å². The number of anilines is 1. The molecule has 0 aliphatic carbocycles. The third kappa shape index (κ3) is 4.20. The van der Waals surface area contributed by atoms with Gasteiger partial charge in [-0.05, 0) is 32.6 Å². The number of rotatable bonds is 6. The van der Waals surface area contributed by atoms with Crippen LogP contribution in [0, 0.1) is 0 Å². The third-order valence-electron chi connectivity index (χ3n) is 4.62. The zero-order chi connectivity index (χ0) is 18.7. The Kier molecular flexibility index (Phi) is 5.85. The Morgan fingerprint density at radius 3 is 2.81 bits per heavy atom. The van der Waals surface area contributed by atoms with Crippen molar-refractivity contribution in [2.75, 3.05) is 32.1 Å². The normalized spacial score (nSPS) is 20.0. The van der Waals surface area contributed by atoms with Crippen LogP contribution in [-0.2, 0) is 13.0 Å². The van der Waals surface area contributed by atoms with E-state index >= 15 is 0 Å². The van der Waals surface area contributed by atoms with Crippen LogP contribution in [0.3, 0.4) is 0 Å². The lowest BCUT2D eigenvalue weighted by molar-refractivity contribution is 0.0950. The fourth-order valence-corrected chi connectivity index (χ4v) is 3.84. The van der Waals surface area contributed by atoms with E-state index in [1.54, 1.807) is 23.6 Å². The average Bonchev–Trinajstić information content (AvgIpc) is 3.26. The molecule has 0 aromatic carbocycles. The highest BCUT2D eigenvalue weighted by molar-refractivity contribution is 7.09. The molecular weight excluding hydrogens is 350 g/mol. The van der Waals surface area contributed by atoms with Crippen LogP contribution < -0.4 is 10.2 Å². The standard InChI is InChI=1S/C18H25N5O2S/c1-4-13-11-26-17(21-13)8-20-18(25)12-5-6-16(19-7-12)23-9-14(22(2)3)15(24)10-23/h5-7,11,14-15,24H,4,8-10H2,1-3H3,(H,20,25)/t14-,15-/m0/s1. The van der Waals surface area contributed by atoms with Crippen LogP contribution in [0.1, 0.15) is 28.0 Å². The Morgan fingerprint density at radius 1 is 1.42 bits per heavy atom. The molecule has 2 aromatic heterocycles. The zero-order valence-corrected chi connectivity index (χ0v) is 16.2. The lowest BCUT2D eigenvalue weighted by Crippen LogP contribution is -2.38. The summed E-state index contributed by atoms with van der Waals surface area (Å²) in [6, 6.07) is 3.69. The van der Waals surface area contributed by atoms with E-state index in [1.807, 2.05) is 35.3 Å². The molecule has 26 heavy (non-hydrogen) atoms. The Labute approximate surface area is 157 Å². The van der Waals surface area contributed by atoms with Crippen LogP contribution in [-0.4, -0.2) is 65.2 Å². The minimum Gasteiger partial charge on any atom is -0.390 e. The fourth-order valence-electron chi connectivity index (χ4n) is 3.02. The number of hydrogen-bond acceptors (Lipinski definition) is 7. The van der Waals surface area contributed by atoms with E-state index in [0.717, 1.165) is 29.5 Å². The number of hydrogen-bond donors (Lipinski definition) is 2. The largest absolute Gasteiger partial charge is 0.390 e. The highest BCUT2D eigenvalue weighted by Crippen LogP contribution is 2.21. The van der Waals surface area contributed by atoms with Gasteiger partial charge in [0.25, 0.3) is 5.91 Å². The number of pyridine rings is 1. The zero-order valence-electron chi connectivity index (χ0n) is 15.3. The van der Waals surface area contributed by atoms with Gasteiger partial charge in [-0.15, -0.1) is 11.3 Å². The van der Waals surface area contributed by atoms with E-state index in [2.05, 4.69) is 22.2 Å². The van der Waals surface area contributed by atoms with Crippen molar-refractivity contribution < 1.29 is 9.90 Å². The number of nitrogens with one attached hydrogen (secondary N) is 1. The van der Waals surface area contributed by atoms with Crippen LogP contribution in [0.4, 0.5) is 5.82 Å². The molecule has 3 rings (SSSR count). The SMILES string of the molecule is CCc1csc(CNC(=O)c2ccc(N3C[C@H](O)[C@@H](N(C)C)C3)nc2)n1. The number of aromatic nitrogens is 2. The molecular formula is C18H25N5O2S. The van der Waals surface area contributed by atoms with Crippen molar-refractivity contribution in [3.8, 4) is 0 Å². The molecule has 8 heteroatoms. The molecule has 2 atom stereocenters. The molecule has 0 bridgehead atoms. The van der Waals surface area contributed by atoms with Gasteiger partial charge in [-0.2, -0.15) is 0 Å². The first-order valence-electron chi connectivity index (χ1n) is 8.75. The highest BCUT2D eigenvalue weighted by atomic mass is 32.1. The van der Waals surface area contributed by atoms with Crippen molar-refractivity contribution >= 4 is 23.1 Å². The van der Waals surface area contributed by atoms with Crippen LogP contribution in [0.25, 0.3) is 0 Å². The van der Waals surface area contributed by atoms with Gasteiger partial charge >= 0.3 is 0 Å². The summed E-state index contributed by atoms with van der Waals surface area (Å²) in [4.78, 5) is 25.2. The minimum atomic E-state index is -0.402. The fraction of sp³-hybridized carbons (Fsp3) is 0.500. The molecule has 2 N–H and O–H groups in total. The number of amides is 1. The summed E-state index contributed by atoms with van der Waals surface area (Å²) < 4.78 is 0. The summed E-state index contributed by atoms with van der Waals surface area (Å²) in [6.45, 7) is 3.75. The van der Waals surface area contributed by atoms with Crippen molar-refractivity contribution in [3.05, 3.63) is 40.0 Å². The van der Waals surface area contributed by atoms with Gasteiger partial charge in [0.2, 0.25) is 0 Å². The average molecular weight is 375 g/mol. The second kappa shape index (κ2) is 8.11. The number of β-amino-alcohol motifs (C(OH)–C–C–N with tert-alkyl or cyclic N) is 1. The number of nitrogens with zero attached hydrogens (tertiary/aromatic N) is 4. The minimum absolute atomic E-state index is 0.0890. The molecule has 1 fully saturated rings. The highest BCUT2D eigenvalue weighted by Gasteiger charge is 2.33. The summed E-state index contributed by atoms with van der Waals surface area (Å²) in [5.41, 5.74) is 1.57. The molecule has 3 heterocycles. The topological polar surface area (TPSA) is 81.6 Å². The molecule has 7 nitrogen and oxygen atoms in total. The lowest BCUT2D eigenvalue weighted by atomic mass is 10.2. The van der Waals surface area contributed by atoms with Crippen molar-refractivity contribution in [3.63, 3.8) is 0 Å². The Morgan fingerprint density at radius 2 is 2.23 bits per heavy atom. The van der Waals surface area contributed by atoms with E-state index in [9.17, 15) is 9.90 Å². The molecule has 0 saturated carbocycles. The summed E-state index contributed by atoms with van der Waals surface area (Å²) in [5, 5.41) is 16.0. The summed E-state index contributed by atoms with van der Waals surface area (Å²) in [7, 11) is 3.92. The number of aliphatic hydroxyl groups is 1. The molecule has 1 amide bonds. The molecule has 2 aromatic rings. The maximum atomic E-state index is 12.3. The van der Waals surface area contributed by atoms with Gasteiger partial charge in [-0.1, -0.05) is 6.92 Å². The number of carbonyl (C=O) groups excluding carboxylic acids is 1. The quantitative estimate of drug-likeness (QED) is 0.788. The first-order valence-corrected chi connectivity index (χ1v) is 9.63. The summed E-state index contributed by atoms with van der Waals surface area (Å²) >= 11 is 1.56. The molecule has 1 saturated heterocycles. The van der Waals surface area contributed by atoms with E-state index in [0.29, 0.717) is 18.7 Å². The van der Waals surface area contributed by atoms with E-state index < -0.39 is 6.10 Å². The maximum absolute atomic E-state index is 12.3. The number of aryl methyl sites for hydroxylation is 1. The number of likely N-dealkylation sites (N-methyl/N-ethyl adjacent to an activating group) is 1. The van der Waals surface area contributed by atoms with E-state index in [1.165, 1.54) is 0 Å². The van der Waals surface area contributed by atoms with Gasteiger partial charge in [-0.3, -0.25) is 4.79 Å². The first kappa shape index (κ1) is 18.8. The molecule has 0 spiro atoms. The molecule has 0 radical (unpaired) electrons. The number of thiazole rings is 1. The Balaban J connectivity index is 1.58. The van der Waals surface area contributed by atoms with Crippen LogP contribution in [0.2, 0.25) is 0 Å². The van der Waals surface area contributed by atoms with Gasteiger partial charge < -0.3 is 20.2 Å². The monoisotopic (exact) mass is 375 g/mol. The third-order valence-corrected chi connectivity index (χ3v) is 5.52. The van der Waals surface area contributed by atoms with Crippen LogP contribution >= 0.6 is 11.3 Å². The predicted molar refractivity (Wildman–Crippen MR) is 103 cm³/mol. The van der Waals surface area contributed by atoms with Crippen molar-refractivity contribution in [1.82, 2.24) is 20.2 Å². The van der Waals surface area contributed by atoms with Crippen molar-refractivity contribution in [1.29, 1.82) is 0 Å². The van der Waals surface area contributed by atoms with Gasteiger partial charge in [0, 0.05) is 24.7 Å². The van der Waals surface area contributed by atoms with Crippen molar-refractivity contribution in [2.45, 2.75) is 32.0 Å². The molecule has 1 aliphatic heterocycles. The van der Waals surface area contributed by atoms with E-state index in [-0.39, 0.29) is 11.9 Å². The van der Waals surface area contributed by atoms with Gasteiger partial charge in [0.15, 0.2) is 0 Å². The Hall–Kier alpha value is -2.03. The van der Waals surface area contributed by atoms with Crippen LogP contribution in [0.15, 0.2) is 23.7 Å². The molecule has 1 aliphatic rings. The second-order valence-corrected chi connectivity index (χ2v) is 7.62. The van der Waals surface area contributed by atoms with Gasteiger partial charge in [0.1, 0.15) is 10.8 Å². The molecule has 0 unspecified atom stereocenters. The van der Waals surface area contributed by atoms with Gasteiger partial charge in [-0.25, -0.2) is 9.97 Å². The van der Waals surface area contributed by atoms with E-state index in [4.69, 9.17) is 0 Å². The molecule has 140 valence electrons. The Bertz CT molecular complexity index is 746. The summed E-state index contributed by atoms with van der Waals surface area (Å²) in [6.07, 6.45) is 2.08. The van der Waals surface area contributed by atoms with Crippen molar-refractivity contribution in [2.24, 2.45) is 0 Å². The first-order chi connectivity index (χ1) is 12.5. The van der Waals surface area contributed by atoms with Gasteiger partial charge in [0.05, 0.1) is 29.9 Å². The summed E-state index contributed by atoms with van der Waals surface area (Å²) in [5.74, 6) is 0.613.